The molecular formula is C17H13N7O4. The molecule has 0 bridgehead atoms. The molecule has 3 aromatic heterocycles. The molecule has 0 aliphatic rings. The van der Waals surface area contributed by atoms with Crippen molar-refractivity contribution in [1.29, 1.82) is 0 Å². The van der Waals surface area contributed by atoms with E-state index in [4.69, 9.17) is 4.74 Å². The SMILES string of the molecule is CC(OC(=O)c1n[nH]c(=O)c2ccccc12)C(=O)Nc1ncnc2nc[nH]c12. The van der Waals surface area contributed by atoms with E-state index in [1.54, 1.807) is 24.3 Å². The van der Waals surface area contributed by atoms with Crippen molar-refractivity contribution in [1.82, 2.24) is 30.1 Å². The molecule has 1 unspecified atom stereocenters. The number of aromatic amines is 2. The Morgan fingerprint density at radius 1 is 1.14 bits per heavy atom. The van der Waals surface area contributed by atoms with Crippen molar-refractivity contribution in [3.05, 3.63) is 53.0 Å². The minimum atomic E-state index is -1.15. The minimum absolute atomic E-state index is 0.0900. The predicted molar refractivity (Wildman–Crippen MR) is 97.6 cm³/mol. The van der Waals surface area contributed by atoms with Gasteiger partial charge in [-0.15, -0.1) is 0 Å². The molecule has 28 heavy (non-hydrogen) atoms. The number of carbonyl (C=O) groups is 2. The molecule has 0 saturated carbocycles. The third kappa shape index (κ3) is 3.05. The maximum absolute atomic E-state index is 12.5. The van der Waals surface area contributed by atoms with Crippen molar-refractivity contribution < 1.29 is 14.3 Å². The van der Waals surface area contributed by atoms with E-state index < -0.39 is 23.5 Å². The topological polar surface area (TPSA) is 156 Å². The van der Waals surface area contributed by atoms with Crippen molar-refractivity contribution in [3.8, 4) is 0 Å². The molecule has 0 radical (unpaired) electrons. The number of H-pyrrole nitrogens is 2. The summed E-state index contributed by atoms with van der Waals surface area (Å²) in [5, 5.41) is 9.19. The van der Waals surface area contributed by atoms with Gasteiger partial charge in [0.15, 0.2) is 23.3 Å². The van der Waals surface area contributed by atoms with Crippen molar-refractivity contribution >= 4 is 39.6 Å². The Labute approximate surface area is 156 Å². The Balaban J connectivity index is 1.53. The Morgan fingerprint density at radius 2 is 1.93 bits per heavy atom. The summed E-state index contributed by atoms with van der Waals surface area (Å²) >= 11 is 0. The highest BCUT2D eigenvalue weighted by molar-refractivity contribution is 6.04. The van der Waals surface area contributed by atoms with Crippen LogP contribution in [-0.2, 0) is 9.53 Å². The summed E-state index contributed by atoms with van der Waals surface area (Å²) in [7, 11) is 0. The maximum atomic E-state index is 12.5. The van der Waals surface area contributed by atoms with E-state index in [0.29, 0.717) is 21.9 Å². The summed E-state index contributed by atoms with van der Waals surface area (Å²) in [6.07, 6.45) is 1.53. The second kappa shape index (κ2) is 6.87. The van der Waals surface area contributed by atoms with Crippen LogP contribution < -0.4 is 10.9 Å². The molecule has 0 aliphatic heterocycles. The number of amides is 1. The fourth-order valence-corrected chi connectivity index (χ4v) is 2.62. The molecule has 0 spiro atoms. The quantitative estimate of drug-likeness (QED) is 0.439. The molecule has 3 N–H and O–H groups in total. The molecule has 0 saturated heterocycles. The fraction of sp³-hybridized carbons (Fsp3) is 0.118. The van der Waals surface area contributed by atoms with Gasteiger partial charge in [-0.2, -0.15) is 5.10 Å². The number of imidazole rings is 1. The van der Waals surface area contributed by atoms with Gasteiger partial charge < -0.3 is 15.0 Å². The minimum Gasteiger partial charge on any atom is -0.448 e. The van der Waals surface area contributed by atoms with E-state index in [1.165, 1.54) is 19.6 Å². The van der Waals surface area contributed by atoms with Gasteiger partial charge in [0, 0.05) is 5.39 Å². The second-order valence-electron chi connectivity index (χ2n) is 5.81. The summed E-state index contributed by atoms with van der Waals surface area (Å²) < 4.78 is 5.21. The number of benzene rings is 1. The number of esters is 1. The lowest BCUT2D eigenvalue weighted by atomic mass is 10.1. The second-order valence-corrected chi connectivity index (χ2v) is 5.81. The van der Waals surface area contributed by atoms with Crippen LogP contribution in [0.1, 0.15) is 17.4 Å². The van der Waals surface area contributed by atoms with Gasteiger partial charge in [0.25, 0.3) is 11.5 Å². The van der Waals surface area contributed by atoms with Gasteiger partial charge >= 0.3 is 5.97 Å². The first kappa shape index (κ1) is 17.3. The van der Waals surface area contributed by atoms with Gasteiger partial charge in [0.1, 0.15) is 11.8 Å². The number of carbonyl (C=O) groups excluding carboxylic acids is 2. The van der Waals surface area contributed by atoms with E-state index in [0.717, 1.165) is 0 Å². The molecule has 140 valence electrons. The van der Waals surface area contributed by atoms with E-state index in [1.807, 2.05) is 0 Å². The Hall–Kier alpha value is -4.15. The summed E-state index contributed by atoms with van der Waals surface area (Å²) in [6.45, 7) is 1.41. The number of nitrogens with one attached hydrogen (secondary N) is 3. The summed E-state index contributed by atoms with van der Waals surface area (Å²) in [5.74, 6) is -1.23. The molecule has 11 nitrogen and oxygen atoms in total. The zero-order valence-electron chi connectivity index (χ0n) is 14.5. The standard InChI is InChI=1S/C17H13N7O4/c1-8(15(25)22-14-12-13(19-6-18-12)20-7-21-14)28-17(27)11-9-4-2-3-5-10(9)16(26)24-23-11/h2-8H,1H3,(H,24,26)(H2,18,19,20,21,22,25). The van der Waals surface area contributed by atoms with Gasteiger partial charge in [0.2, 0.25) is 0 Å². The van der Waals surface area contributed by atoms with Crippen LogP contribution in [0.4, 0.5) is 5.82 Å². The average Bonchev–Trinajstić information content (AvgIpc) is 3.18. The number of hydrogen-bond donors (Lipinski definition) is 3. The lowest BCUT2D eigenvalue weighted by Crippen LogP contribution is -2.31. The van der Waals surface area contributed by atoms with E-state index >= 15 is 0 Å². The van der Waals surface area contributed by atoms with Crippen LogP contribution in [0.25, 0.3) is 21.9 Å². The molecule has 1 amide bonds. The molecular weight excluding hydrogens is 366 g/mol. The number of aromatic nitrogens is 6. The smallest absolute Gasteiger partial charge is 0.360 e. The summed E-state index contributed by atoms with van der Waals surface area (Å²) in [6, 6.07) is 6.48. The van der Waals surface area contributed by atoms with Crippen LogP contribution >= 0.6 is 0 Å². The lowest BCUT2D eigenvalue weighted by molar-refractivity contribution is -0.123. The molecule has 0 aliphatic carbocycles. The number of anilines is 1. The first-order chi connectivity index (χ1) is 13.5. The molecule has 4 aromatic rings. The van der Waals surface area contributed by atoms with Crippen LogP contribution in [0.2, 0.25) is 0 Å². The molecule has 11 heteroatoms. The highest BCUT2D eigenvalue weighted by atomic mass is 16.5. The number of hydrogen-bond acceptors (Lipinski definition) is 8. The lowest BCUT2D eigenvalue weighted by Gasteiger charge is -2.13. The Bertz CT molecular complexity index is 1260. The molecule has 4 rings (SSSR count). The fourth-order valence-electron chi connectivity index (χ4n) is 2.62. The third-order valence-electron chi connectivity index (χ3n) is 4.01. The van der Waals surface area contributed by atoms with Crippen LogP contribution in [0, 0.1) is 0 Å². The van der Waals surface area contributed by atoms with Crippen molar-refractivity contribution in [3.63, 3.8) is 0 Å². The highest BCUT2D eigenvalue weighted by Gasteiger charge is 2.23. The number of ether oxygens (including phenoxy) is 1. The molecule has 1 aromatic carbocycles. The number of rotatable bonds is 4. The maximum Gasteiger partial charge on any atom is 0.360 e. The van der Waals surface area contributed by atoms with Crippen LogP contribution in [0.3, 0.4) is 0 Å². The van der Waals surface area contributed by atoms with Gasteiger partial charge in [0.05, 0.1) is 11.7 Å². The van der Waals surface area contributed by atoms with Gasteiger partial charge in [-0.3, -0.25) is 9.59 Å². The normalized spacial score (nSPS) is 12.0. The first-order valence-electron chi connectivity index (χ1n) is 8.18. The molecule has 0 fully saturated rings. The zero-order chi connectivity index (χ0) is 19.7. The summed E-state index contributed by atoms with van der Waals surface area (Å²) in [4.78, 5) is 51.4. The van der Waals surface area contributed by atoms with Gasteiger partial charge in [-0.25, -0.2) is 24.8 Å². The van der Waals surface area contributed by atoms with Crippen molar-refractivity contribution in [2.75, 3.05) is 5.32 Å². The average molecular weight is 379 g/mol. The Morgan fingerprint density at radius 3 is 2.75 bits per heavy atom. The highest BCUT2D eigenvalue weighted by Crippen LogP contribution is 2.16. The first-order valence-corrected chi connectivity index (χ1v) is 8.18. The van der Waals surface area contributed by atoms with Crippen molar-refractivity contribution in [2.24, 2.45) is 0 Å². The number of nitrogens with zero attached hydrogens (tertiary/aromatic N) is 4. The monoisotopic (exact) mass is 379 g/mol. The Kier molecular flexibility index (Phi) is 4.24. The van der Waals surface area contributed by atoms with Gasteiger partial charge in [-0.05, 0) is 13.0 Å². The van der Waals surface area contributed by atoms with Crippen LogP contribution in [-0.4, -0.2) is 48.1 Å². The van der Waals surface area contributed by atoms with E-state index in [-0.39, 0.29) is 11.5 Å². The largest absolute Gasteiger partial charge is 0.448 e. The van der Waals surface area contributed by atoms with Crippen molar-refractivity contribution in [2.45, 2.75) is 13.0 Å². The van der Waals surface area contributed by atoms with E-state index in [9.17, 15) is 14.4 Å². The predicted octanol–water partition coefficient (Wildman–Crippen LogP) is 0.773. The molecule has 3 heterocycles. The van der Waals surface area contributed by atoms with Gasteiger partial charge in [-0.1, -0.05) is 18.2 Å². The van der Waals surface area contributed by atoms with Crippen LogP contribution in [0.5, 0.6) is 0 Å². The van der Waals surface area contributed by atoms with E-state index in [2.05, 4.69) is 35.5 Å². The van der Waals surface area contributed by atoms with Crippen LogP contribution in [0.15, 0.2) is 41.7 Å². The zero-order valence-corrected chi connectivity index (χ0v) is 14.5. The molecule has 1 atom stereocenters. The third-order valence-corrected chi connectivity index (χ3v) is 4.01. The number of fused-ring (bicyclic) bond motifs is 2. The summed E-state index contributed by atoms with van der Waals surface area (Å²) in [5.41, 5.74) is 0.319.